The highest BCUT2D eigenvalue weighted by Crippen LogP contribution is 2.19. The summed E-state index contributed by atoms with van der Waals surface area (Å²) in [7, 11) is 0. The van der Waals surface area contributed by atoms with Crippen LogP contribution in [-0.4, -0.2) is 52.7 Å². The van der Waals surface area contributed by atoms with Gasteiger partial charge in [-0.2, -0.15) is 4.98 Å². The van der Waals surface area contributed by atoms with E-state index in [-0.39, 0.29) is 11.7 Å². The average molecular weight is 339 g/mol. The van der Waals surface area contributed by atoms with Gasteiger partial charge in [0.25, 0.3) is 0 Å². The fourth-order valence-electron chi connectivity index (χ4n) is 2.78. The molecule has 0 saturated carbocycles. The van der Waals surface area contributed by atoms with Crippen LogP contribution in [0.25, 0.3) is 0 Å². The van der Waals surface area contributed by atoms with Gasteiger partial charge in [-0.05, 0) is 25.1 Å². The predicted octanol–water partition coefficient (Wildman–Crippen LogP) is 2.09. The monoisotopic (exact) mass is 339 g/mol. The number of aromatic nitrogens is 2. The van der Waals surface area contributed by atoms with E-state index in [2.05, 4.69) is 20.2 Å². The zero-order chi connectivity index (χ0) is 17.8. The molecule has 25 heavy (non-hydrogen) atoms. The molecule has 1 N–H and O–H groups in total. The van der Waals surface area contributed by atoms with Crippen molar-refractivity contribution in [2.24, 2.45) is 0 Å². The first-order chi connectivity index (χ1) is 12.0. The van der Waals surface area contributed by atoms with E-state index in [0.29, 0.717) is 24.6 Å². The minimum absolute atomic E-state index is 0.0154. The normalized spacial score (nSPS) is 14.3. The Kier molecular flexibility index (Phi) is 4.92. The highest BCUT2D eigenvalue weighted by Gasteiger charge is 2.19. The molecule has 1 aliphatic rings. The highest BCUT2D eigenvalue weighted by molar-refractivity contribution is 5.95. The quantitative estimate of drug-likeness (QED) is 0.860. The van der Waals surface area contributed by atoms with Crippen LogP contribution in [-0.2, 0) is 4.79 Å². The van der Waals surface area contributed by atoms with Gasteiger partial charge in [-0.25, -0.2) is 4.98 Å². The minimum atomic E-state index is 0.0154. The molecule has 1 aromatic heterocycles. The second-order valence-corrected chi connectivity index (χ2v) is 5.99. The number of carbonyl (C=O) groups excluding carboxylic acids is 2. The standard InChI is InChI=1S/C18H21N5O2/c1-13(24)15-4-3-5-16(12-15)20-18-19-7-6-17(21-18)23-10-8-22(9-11-23)14(2)25/h3-7,12H,8-11H2,1-2H3,(H,19,20,21). The molecule has 0 aliphatic carbocycles. The van der Waals surface area contributed by atoms with Gasteiger partial charge in [-0.3, -0.25) is 9.59 Å². The van der Waals surface area contributed by atoms with Crippen LogP contribution in [0.4, 0.5) is 17.5 Å². The molecule has 1 aliphatic heterocycles. The molecule has 2 aromatic rings. The van der Waals surface area contributed by atoms with E-state index in [9.17, 15) is 9.59 Å². The fraction of sp³-hybridized carbons (Fsp3) is 0.333. The van der Waals surface area contributed by atoms with Gasteiger partial charge in [0.1, 0.15) is 5.82 Å². The number of hydrogen-bond acceptors (Lipinski definition) is 6. The molecule has 3 rings (SSSR count). The SMILES string of the molecule is CC(=O)c1cccc(Nc2nccc(N3CCN(C(C)=O)CC3)n2)c1. The van der Waals surface area contributed by atoms with Gasteiger partial charge in [-0.15, -0.1) is 0 Å². The maximum Gasteiger partial charge on any atom is 0.229 e. The number of anilines is 3. The zero-order valence-corrected chi connectivity index (χ0v) is 14.4. The summed E-state index contributed by atoms with van der Waals surface area (Å²) in [5, 5.41) is 3.14. The van der Waals surface area contributed by atoms with E-state index in [0.717, 1.165) is 24.6 Å². The third-order valence-electron chi connectivity index (χ3n) is 4.22. The molecule has 0 spiro atoms. The van der Waals surface area contributed by atoms with E-state index in [1.165, 1.54) is 6.92 Å². The molecular weight excluding hydrogens is 318 g/mol. The van der Waals surface area contributed by atoms with E-state index in [4.69, 9.17) is 0 Å². The molecule has 1 fully saturated rings. The fourth-order valence-corrected chi connectivity index (χ4v) is 2.78. The molecule has 7 heteroatoms. The lowest BCUT2D eigenvalue weighted by Crippen LogP contribution is -2.48. The summed E-state index contributed by atoms with van der Waals surface area (Å²) >= 11 is 0. The molecule has 2 heterocycles. The van der Waals surface area contributed by atoms with Crippen molar-refractivity contribution in [2.45, 2.75) is 13.8 Å². The van der Waals surface area contributed by atoms with Gasteiger partial charge in [-0.1, -0.05) is 12.1 Å². The summed E-state index contributed by atoms with van der Waals surface area (Å²) < 4.78 is 0. The Bertz CT molecular complexity index is 785. The smallest absolute Gasteiger partial charge is 0.229 e. The summed E-state index contributed by atoms with van der Waals surface area (Å²) in [5.74, 6) is 1.42. The van der Waals surface area contributed by atoms with E-state index in [1.807, 2.05) is 23.1 Å². The summed E-state index contributed by atoms with van der Waals surface area (Å²) in [4.78, 5) is 35.7. The van der Waals surface area contributed by atoms with Crippen LogP contribution in [0.5, 0.6) is 0 Å². The number of nitrogens with one attached hydrogen (secondary N) is 1. The number of rotatable bonds is 4. The number of piperazine rings is 1. The predicted molar refractivity (Wildman–Crippen MR) is 96.2 cm³/mol. The van der Waals surface area contributed by atoms with E-state index >= 15 is 0 Å². The highest BCUT2D eigenvalue weighted by atomic mass is 16.2. The van der Waals surface area contributed by atoms with Crippen molar-refractivity contribution >= 4 is 29.1 Å². The second-order valence-electron chi connectivity index (χ2n) is 5.99. The number of amides is 1. The van der Waals surface area contributed by atoms with Crippen molar-refractivity contribution in [1.29, 1.82) is 0 Å². The molecule has 1 amide bonds. The first-order valence-electron chi connectivity index (χ1n) is 8.24. The van der Waals surface area contributed by atoms with Crippen molar-refractivity contribution in [3.05, 3.63) is 42.1 Å². The van der Waals surface area contributed by atoms with Crippen molar-refractivity contribution in [2.75, 3.05) is 36.4 Å². The number of nitrogens with zero attached hydrogens (tertiary/aromatic N) is 4. The topological polar surface area (TPSA) is 78.4 Å². The summed E-state index contributed by atoms with van der Waals surface area (Å²) in [5.41, 5.74) is 1.41. The van der Waals surface area contributed by atoms with E-state index in [1.54, 1.807) is 25.3 Å². The van der Waals surface area contributed by atoms with E-state index < -0.39 is 0 Å². The zero-order valence-electron chi connectivity index (χ0n) is 14.4. The average Bonchev–Trinajstić information content (AvgIpc) is 2.62. The Morgan fingerprint density at radius 2 is 1.84 bits per heavy atom. The van der Waals surface area contributed by atoms with Crippen LogP contribution in [0.15, 0.2) is 36.5 Å². The Morgan fingerprint density at radius 1 is 1.08 bits per heavy atom. The molecule has 1 saturated heterocycles. The number of carbonyl (C=O) groups is 2. The minimum Gasteiger partial charge on any atom is -0.353 e. The van der Waals surface area contributed by atoms with Crippen LogP contribution in [0.3, 0.4) is 0 Å². The Hall–Kier alpha value is -2.96. The van der Waals surface area contributed by atoms with Crippen LogP contribution < -0.4 is 10.2 Å². The number of Topliss-reactive ketones (excluding diaryl/α,β-unsaturated/α-hetero) is 1. The molecule has 0 atom stereocenters. The maximum atomic E-state index is 11.5. The van der Waals surface area contributed by atoms with Gasteiger partial charge in [0.2, 0.25) is 11.9 Å². The Balaban J connectivity index is 1.71. The van der Waals surface area contributed by atoms with Gasteiger partial charge in [0.15, 0.2) is 5.78 Å². The Morgan fingerprint density at radius 3 is 2.52 bits per heavy atom. The largest absolute Gasteiger partial charge is 0.353 e. The first kappa shape index (κ1) is 16.9. The lowest BCUT2D eigenvalue weighted by atomic mass is 10.1. The van der Waals surface area contributed by atoms with Crippen molar-refractivity contribution in [1.82, 2.24) is 14.9 Å². The van der Waals surface area contributed by atoms with Crippen LogP contribution in [0, 0.1) is 0 Å². The third kappa shape index (κ3) is 4.12. The van der Waals surface area contributed by atoms with Crippen LogP contribution in [0.1, 0.15) is 24.2 Å². The van der Waals surface area contributed by atoms with Crippen molar-refractivity contribution in [3.63, 3.8) is 0 Å². The molecule has 0 unspecified atom stereocenters. The summed E-state index contributed by atoms with van der Waals surface area (Å²) in [6, 6.07) is 9.11. The van der Waals surface area contributed by atoms with Crippen molar-refractivity contribution < 1.29 is 9.59 Å². The van der Waals surface area contributed by atoms with Gasteiger partial charge >= 0.3 is 0 Å². The lowest BCUT2D eigenvalue weighted by Gasteiger charge is -2.34. The summed E-state index contributed by atoms with van der Waals surface area (Å²) in [6.45, 7) is 6.02. The lowest BCUT2D eigenvalue weighted by molar-refractivity contribution is -0.129. The van der Waals surface area contributed by atoms with Crippen LogP contribution >= 0.6 is 0 Å². The molecule has 7 nitrogen and oxygen atoms in total. The first-order valence-corrected chi connectivity index (χ1v) is 8.24. The summed E-state index contributed by atoms with van der Waals surface area (Å²) in [6.07, 6.45) is 1.71. The molecule has 130 valence electrons. The molecular formula is C18H21N5O2. The molecule has 0 radical (unpaired) electrons. The second kappa shape index (κ2) is 7.29. The number of benzene rings is 1. The molecule has 1 aromatic carbocycles. The number of ketones is 1. The Labute approximate surface area is 146 Å². The van der Waals surface area contributed by atoms with Gasteiger partial charge < -0.3 is 15.1 Å². The number of hydrogen-bond donors (Lipinski definition) is 1. The third-order valence-corrected chi connectivity index (χ3v) is 4.22. The van der Waals surface area contributed by atoms with Crippen LogP contribution in [0.2, 0.25) is 0 Å². The van der Waals surface area contributed by atoms with Gasteiger partial charge in [0, 0.05) is 50.6 Å². The maximum absolute atomic E-state index is 11.5. The van der Waals surface area contributed by atoms with Gasteiger partial charge in [0.05, 0.1) is 0 Å². The molecule has 0 bridgehead atoms. The van der Waals surface area contributed by atoms with Crippen molar-refractivity contribution in [3.8, 4) is 0 Å².